The van der Waals surface area contributed by atoms with Gasteiger partial charge in [-0.2, -0.15) is 13.2 Å². The quantitative estimate of drug-likeness (QED) is 0.596. The minimum atomic E-state index is -4.55. The van der Waals surface area contributed by atoms with Crippen LogP contribution in [0.5, 0.6) is 5.75 Å². The van der Waals surface area contributed by atoms with E-state index in [9.17, 15) is 22.7 Å². The lowest BCUT2D eigenvalue weighted by Crippen LogP contribution is -2.33. The van der Waals surface area contributed by atoms with Crippen LogP contribution >= 0.6 is 0 Å². The van der Waals surface area contributed by atoms with Crippen LogP contribution < -0.4 is 5.32 Å². The van der Waals surface area contributed by atoms with Crippen molar-refractivity contribution in [2.45, 2.75) is 76.0 Å². The molecule has 5 nitrogen and oxygen atoms in total. The third-order valence-corrected chi connectivity index (χ3v) is 6.78. The lowest BCUT2D eigenvalue weighted by atomic mass is 9.85. The first-order valence-electron chi connectivity index (χ1n) is 11.0. The molecule has 2 N–H and O–H groups in total. The van der Waals surface area contributed by atoms with Gasteiger partial charge in [0, 0.05) is 23.6 Å². The van der Waals surface area contributed by atoms with Gasteiger partial charge >= 0.3 is 6.18 Å². The third kappa shape index (κ3) is 3.91. The average Bonchev–Trinajstić information content (AvgIpc) is 3.08. The maximum atomic E-state index is 14.1. The number of benzene rings is 1. The number of ether oxygens (including phenoxy) is 1. The molecular weight excluding hydrogens is 426 g/mol. The van der Waals surface area contributed by atoms with Gasteiger partial charge in [0.25, 0.3) is 0 Å². The largest absolute Gasteiger partial charge is 0.507 e. The van der Waals surface area contributed by atoms with Crippen LogP contribution in [-0.4, -0.2) is 33.6 Å². The van der Waals surface area contributed by atoms with Crippen LogP contribution in [0, 0.1) is 5.92 Å². The van der Waals surface area contributed by atoms with Gasteiger partial charge in [-0.3, -0.25) is 0 Å². The first kappa shape index (κ1) is 21.4. The number of aromatic nitrogens is 2. The van der Waals surface area contributed by atoms with Crippen LogP contribution in [0.3, 0.4) is 0 Å². The minimum Gasteiger partial charge on any atom is -0.507 e. The number of hydrogen-bond acceptors (Lipinski definition) is 5. The van der Waals surface area contributed by atoms with E-state index in [0.29, 0.717) is 36.8 Å². The smallest absolute Gasteiger partial charge is 0.416 e. The van der Waals surface area contributed by atoms with Crippen molar-refractivity contribution < 1.29 is 27.4 Å². The van der Waals surface area contributed by atoms with Crippen LogP contribution in [0.15, 0.2) is 18.2 Å². The van der Waals surface area contributed by atoms with Gasteiger partial charge in [-0.1, -0.05) is 6.92 Å². The van der Waals surface area contributed by atoms with Crippen LogP contribution in [-0.2, 0) is 17.3 Å². The Kier molecular flexibility index (Phi) is 5.27. The second-order valence-corrected chi connectivity index (χ2v) is 9.30. The Labute approximate surface area is 183 Å². The molecule has 0 spiro atoms. The van der Waals surface area contributed by atoms with Gasteiger partial charge in [0.1, 0.15) is 17.6 Å². The number of halogens is 4. The number of aromatic hydroxyl groups is 1. The number of nitrogens with one attached hydrogen (secondary N) is 1. The van der Waals surface area contributed by atoms with Gasteiger partial charge in [-0.05, 0) is 61.8 Å². The number of phenolic OH excluding ortho intramolecular Hbond substituents is 1. The van der Waals surface area contributed by atoms with Gasteiger partial charge < -0.3 is 15.2 Å². The highest BCUT2D eigenvalue weighted by Crippen LogP contribution is 2.47. The summed E-state index contributed by atoms with van der Waals surface area (Å²) in [6, 6.07) is 2.82. The van der Waals surface area contributed by atoms with E-state index in [4.69, 9.17) is 4.74 Å². The Hall–Kier alpha value is -2.42. The summed E-state index contributed by atoms with van der Waals surface area (Å²) in [7, 11) is 0. The van der Waals surface area contributed by atoms with E-state index in [-0.39, 0.29) is 29.7 Å². The zero-order valence-electron chi connectivity index (χ0n) is 17.6. The summed E-state index contributed by atoms with van der Waals surface area (Å²) < 4.78 is 59.3. The molecule has 9 heteroatoms. The van der Waals surface area contributed by atoms with Gasteiger partial charge in [0.15, 0.2) is 5.82 Å². The van der Waals surface area contributed by atoms with Crippen LogP contribution in [0.4, 0.5) is 23.4 Å². The Morgan fingerprint density at radius 2 is 1.94 bits per heavy atom. The SMILES string of the molecule is CC1CC(Nc2nnc(-c3ccc(C(F)(F)F)cc3O)c3c2C2CCC(C3)O2)C[C@@H](F)C1. The summed E-state index contributed by atoms with van der Waals surface area (Å²) in [6.45, 7) is 2.03. The molecule has 5 rings (SSSR count). The van der Waals surface area contributed by atoms with Gasteiger partial charge in [0.05, 0.1) is 17.8 Å². The Balaban J connectivity index is 1.54. The van der Waals surface area contributed by atoms with Crippen molar-refractivity contribution in [2.75, 3.05) is 5.32 Å². The minimum absolute atomic E-state index is 0.00446. The summed E-state index contributed by atoms with van der Waals surface area (Å²) >= 11 is 0. The molecule has 1 aromatic heterocycles. The molecule has 2 bridgehead atoms. The van der Waals surface area contributed by atoms with Gasteiger partial charge in [-0.25, -0.2) is 4.39 Å². The van der Waals surface area contributed by atoms with E-state index >= 15 is 0 Å². The number of nitrogens with zero attached hydrogens (tertiary/aromatic N) is 2. The van der Waals surface area contributed by atoms with E-state index in [2.05, 4.69) is 15.5 Å². The number of alkyl halides is 4. The monoisotopic (exact) mass is 451 g/mol. The molecule has 172 valence electrons. The molecule has 1 saturated carbocycles. The zero-order valence-corrected chi connectivity index (χ0v) is 17.6. The second kappa shape index (κ2) is 7.86. The van der Waals surface area contributed by atoms with Crippen molar-refractivity contribution in [2.24, 2.45) is 5.92 Å². The summed E-state index contributed by atoms with van der Waals surface area (Å²) in [4.78, 5) is 0. The maximum Gasteiger partial charge on any atom is 0.416 e. The predicted molar refractivity (Wildman–Crippen MR) is 110 cm³/mol. The molecule has 0 radical (unpaired) electrons. The van der Waals surface area contributed by atoms with Gasteiger partial charge in [-0.15, -0.1) is 10.2 Å². The van der Waals surface area contributed by atoms with Crippen molar-refractivity contribution in [1.82, 2.24) is 10.2 Å². The molecular formula is C23H25F4N3O2. The summed E-state index contributed by atoms with van der Waals surface area (Å²) in [5.41, 5.74) is 1.32. The fourth-order valence-corrected chi connectivity index (χ4v) is 5.40. The molecule has 2 fully saturated rings. The molecule has 32 heavy (non-hydrogen) atoms. The highest BCUT2D eigenvalue weighted by atomic mass is 19.4. The normalized spacial score (nSPS) is 29.6. The third-order valence-electron chi connectivity index (χ3n) is 6.78. The molecule has 1 saturated heterocycles. The second-order valence-electron chi connectivity index (χ2n) is 9.30. The molecule has 2 aromatic rings. The zero-order chi connectivity index (χ0) is 22.6. The highest BCUT2D eigenvalue weighted by Gasteiger charge is 2.39. The Morgan fingerprint density at radius 1 is 1.12 bits per heavy atom. The van der Waals surface area contributed by atoms with Crippen molar-refractivity contribution in [3.05, 3.63) is 34.9 Å². The maximum absolute atomic E-state index is 14.1. The topological polar surface area (TPSA) is 67.3 Å². The van der Waals surface area contributed by atoms with E-state index in [1.165, 1.54) is 6.07 Å². The summed E-state index contributed by atoms with van der Waals surface area (Å²) in [5, 5.41) is 22.4. The van der Waals surface area contributed by atoms with Crippen LogP contribution in [0.1, 0.15) is 61.8 Å². The first-order chi connectivity index (χ1) is 15.2. The van der Waals surface area contributed by atoms with Gasteiger partial charge in [0.2, 0.25) is 0 Å². The predicted octanol–water partition coefficient (Wildman–Crippen LogP) is 5.58. The molecule has 1 aromatic carbocycles. The average molecular weight is 451 g/mol. The van der Waals surface area contributed by atoms with Crippen LogP contribution in [0.25, 0.3) is 11.3 Å². The number of fused-ring (bicyclic) bond motifs is 4. The van der Waals surface area contributed by atoms with E-state index < -0.39 is 23.7 Å². The molecule has 1 aliphatic carbocycles. The summed E-state index contributed by atoms with van der Waals surface area (Å²) in [5.74, 6) is 0.319. The van der Waals surface area contributed by atoms with Crippen molar-refractivity contribution in [1.29, 1.82) is 0 Å². The van der Waals surface area contributed by atoms with Crippen molar-refractivity contribution in [3.8, 4) is 17.0 Å². The first-order valence-corrected chi connectivity index (χ1v) is 11.0. The highest BCUT2D eigenvalue weighted by molar-refractivity contribution is 5.73. The standard InChI is InChI=1S/C23H25F4N3O2/c1-11-6-13(24)9-14(7-11)28-22-20-17(10-15-3-5-19(20)32-15)21(29-30-22)16-4-2-12(8-18(16)31)23(25,26)27/h2,4,8,11,13-15,19,31H,3,5-7,9-10H2,1H3,(H,28,30)/t11?,13-,14?,15?,19?/m0/s1. The Morgan fingerprint density at radius 3 is 2.66 bits per heavy atom. The van der Waals surface area contributed by atoms with Crippen molar-refractivity contribution in [3.63, 3.8) is 0 Å². The van der Waals surface area contributed by atoms with E-state index in [0.717, 1.165) is 36.5 Å². The number of phenols is 1. The fourth-order valence-electron chi connectivity index (χ4n) is 5.40. The number of rotatable bonds is 3. The molecule has 4 unspecified atom stereocenters. The van der Waals surface area contributed by atoms with E-state index in [1.807, 2.05) is 6.92 Å². The van der Waals surface area contributed by atoms with Crippen molar-refractivity contribution >= 4 is 5.82 Å². The molecule has 3 aliphatic rings. The fraction of sp³-hybridized carbons (Fsp3) is 0.565. The molecule has 3 heterocycles. The lowest BCUT2D eigenvalue weighted by Gasteiger charge is -2.33. The number of hydrogen-bond donors (Lipinski definition) is 2. The number of anilines is 1. The molecule has 5 atom stereocenters. The molecule has 2 aliphatic heterocycles. The summed E-state index contributed by atoms with van der Waals surface area (Å²) in [6.07, 6.45) is -1.61. The molecule has 0 amide bonds. The van der Waals surface area contributed by atoms with E-state index in [1.54, 1.807) is 0 Å². The van der Waals surface area contributed by atoms with Crippen LogP contribution in [0.2, 0.25) is 0 Å². The Bertz CT molecular complexity index is 1020. The lowest BCUT2D eigenvalue weighted by molar-refractivity contribution is -0.137.